The normalized spacial score (nSPS) is 12.2. The number of hydrogen-bond acceptors (Lipinski definition) is 4. The van der Waals surface area contributed by atoms with Crippen molar-refractivity contribution in [1.29, 1.82) is 0 Å². The summed E-state index contributed by atoms with van der Waals surface area (Å²) in [5.74, 6) is 1.20. The molecule has 4 rings (SSSR count). The Labute approximate surface area is 145 Å². The third-order valence-electron chi connectivity index (χ3n) is 4.01. The van der Waals surface area contributed by atoms with Crippen LogP contribution in [0.5, 0.6) is 11.5 Å². The van der Waals surface area contributed by atoms with Gasteiger partial charge in [0.25, 0.3) is 5.91 Å². The Morgan fingerprint density at radius 1 is 1.12 bits per heavy atom. The van der Waals surface area contributed by atoms with Crippen molar-refractivity contribution in [3.63, 3.8) is 0 Å². The Bertz CT molecular complexity index is 919. The molecule has 0 saturated carbocycles. The van der Waals surface area contributed by atoms with Gasteiger partial charge in [0.2, 0.25) is 6.79 Å². The van der Waals surface area contributed by atoms with E-state index in [4.69, 9.17) is 9.47 Å². The third-order valence-corrected chi connectivity index (χ3v) is 4.01. The number of anilines is 1. The molecule has 2 heterocycles. The highest BCUT2D eigenvalue weighted by Gasteiger charge is 2.18. The number of rotatable bonds is 4. The molecule has 0 bridgehead atoms. The first-order valence-electron chi connectivity index (χ1n) is 8.09. The molecule has 6 nitrogen and oxygen atoms in total. The molecule has 0 spiro atoms. The van der Waals surface area contributed by atoms with E-state index in [1.807, 2.05) is 55.5 Å². The molecule has 1 aliphatic heterocycles. The quantitative estimate of drug-likeness (QED) is 0.792. The number of nitrogens with zero attached hydrogens (tertiary/aromatic N) is 2. The van der Waals surface area contributed by atoms with Crippen molar-refractivity contribution in [1.82, 2.24) is 9.78 Å². The molecule has 0 aliphatic carbocycles. The predicted molar refractivity (Wildman–Crippen MR) is 93.9 cm³/mol. The molecule has 126 valence electrons. The number of fused-ring (bicyclic) bond motifs is 1. The Kier molecular flexibility index (Phi) is 3.85. The van der Waals surface area contributed by atoms with Gasteiger partial charge in [-0.3, -0.25) is 9.48 Å². The van der Waals surface area contributed by atoms with Crippen molar-refractivity contribution >= 4 is 11.6 Å². The predicted octanol–water partition coefficient (Wildman–Crippen LogP) is 3.55. The first-order chi connectivity index (χ1) is 12.2. The molecular weight excluding hydrogens is 318 g/mol. The first-order valence-corrected chi connectivity index (χ1v) is 8.09. The van der Waals surface area contributed by atoms with Crippen LogP contribution in [0.15, 0.2) is 54.6 Å². The van der Waals surface area contributed by atoms with E-state index < -0.39 is 0 Å². The second kappa shape index (κ2) is 6.32. The molecule has 6 heteroatoms. The highest BCUT2D eigenvalue weighted by atomic mass is 16.7. The van der Waals surface area contributed by atoms with Gasteiger partial charge in [0.15, 0.2) is 17.2 Å². The fourth-order valence-corrected chi connectivity index (χ4v) is 2.77. The minimum Gasteiger partial charge on any atom is -0.454 e. The number of carbonyl (C=O) groups excluding carboxylic acids is 1. The summed E-state index contributed by atoms with van der Waals surface area (Å²) in [6.07, 6.45) is 0. The Balaban J connectivity index is 1.64. The summed E-state index contributed by atoms with van der Waals surface area (Å²) < 4.78 is 12.6. The van der Waals surface area contributed by atoms with Crippen LogP contribution in [0.2, 0.25) is 0 Å². The fraction of sp³-hybridized carbons (Fsp3) is 0.158. The molecule has 1 N–H and O–H groups in total. The van der Waals surface area contributed by atoms with Crippen LogP contribution in [0.25, 0.3) is 11.3 Å². The van der Waals surface area contributed by atoms with Gasteiger partial charge in [-0.05, 0) is 43.3 Å². The van der Waals surface area contributed by atoms with Crippen LogP contribution in [0, 0.1) is 0 Å². The SMILES string of the molecule is CCn1nc(C(=O)Nc2ccccc2)cc1-c1ccc2c(c1)OCO2. The van der Waals surface area contributed by atoms with Crippen molar-refractivity contribution in [2.75, 3.05) is 12.1 Å². The molecule has 0 atom stereocenters. The number of hydrogen-bond donors (Lipinski definition) is 1. The zero-order valence-corrected chi connectivity index (χ0v) is 13.7. The minimum absolute atomic E-state index is 0.233. The summed E-state index contributed by atoms with van der Waals surface area (Å²) >= 11 is 0. The first kappa shape index (κ1) is 15.3. The molecule has 0 radical (unpaired) electrons. The van der Waals surface area contributed by atoms with E-state index in [0.717, 1.165) is 22.7 Å². The molecular formula is C19H17N3O3. The van der Waals surface area contributed by atoms with Crippen LogP contribution in [-0.4, -0.2) is 22.5 Å². The van der Waals surface area contributed by atoms with Gasteiger partial charge < -0.3 is 14.8 Å². The van der Waals surface area contributed by atoms with Crippen LogP contribution in [0.3, 0.4) is 0 Å². The molecule has 1 aliphatic rings. The standard InChI is InChI=1S/C19H17N3O3/c1-2-22-16(13-8-9-17-18(10-13)25-12-24-17)11-15(21-22)19(23)20-14-6-4-3-5-7-14/h3-11H,2,12H2,1H3,(H,20,23). The topological polar surface area (TPSA) is 65.4 Å². The van der Waals surface area contributed by atoms with Crippen molar-refractivity contribution in [2.45, 2.75) is 13.5 Å². The monoisotopic (exact) mass is 335 g/mol. The lowest BCUT2D eigenvalue weighted by atomic mass is 10.1. The van der Waals surface area contributed by atoms with Gasteiger partial charge in [-0.15, -0.1) is 0 Å². The van der Waals surface area contributed by atoms with Gasteiger partial charge in [-0.1, -0.05) is 18.2 Å². The highest BCUT2D eigenvalue weighted by Crippen LogP contribution is 2.36. The number of aryl methyl sites for hydroxylation is 1. The van der Waals surface area contributed by atoms with Gasteiger partial charge in [-0.2, -0.15) is 5.10 Å². The van der Waals surface area contributed by atoms with E-state index in [2.05, 4.69) is 10.4 Å². The van der Waals surface area contributed by atoms with Crippen LogP contribution >= 0.6 is 0 Å². The summed E-state index contributed by atoms with van der Waals surface area (Å²) in [6, 6.07) is 16.8. The van der Waals surface area contributed by atoms with Gasteiger partial charge in [0.1, 0.15) is 0 Å². The fourth-order valence-electron chi connectivity index (χ4n) is 2.77. The summed E-state index contributed by atoms with van der Waals surface area (Å²) in [4.78, 5) is 12.5. The molecule has 2 aromatic carbocycles. The molecule has 0 saturated heterocycles. The Hall–Kier alpha value is -3.28. The molecule has 1 amide bonds. The van der Waals surface area contributed by atoms with E-state index in [1.165, 1.54) is 0 Å². The molecule has 1 aromatic heterocycles. The average molecular weight is 335 g/mol. The van der Waals surface area contributed by atoms with Gasteiger partial charge in [0, 0.05) is 17.8 Å². The van der Waals surface area contributed by atoms with Crippen LogP contribution in [-0.2, 0) is 6.54 Å². The van der Waals surface area contributed by atoms with Crippen molar-refractivity contribution < 1.29 is 14.3 Å². The number of benzene rings is 2. The Morgan fingerprint density at radius 2 is 1.92 bits per heavy atom. The van der Waals surface area contributed by atoms with Crippen LogP contribution in [0.1, 0.15) is 17.4 Å². The zero-order valence-electron chi connectivity index (χ0n) is 13.7. The second-order valence-electron chi connectivity index (χ2n) is 5.62. The van der Waals surface area contributed by atoms with Crippen molar-refractivity contribution in [3.05, 3.63) is 60.3 Å². The number of carbonyl (C=O) groups is 1. The maximum Gasteiger partial charge on any atom is 0.276 e. The van der Waals surface area contributed by atoms with E-state index in [0.29, 0.717) is 18.0 Å². The smallest absolute Gasteiger partial charge is 0.276 e. The summed E-state index contributed by atoms with van der Waals surface area (Å²) in [5, 5.41) is 7.28. The lowest BCUT2D eigenvalue weighted by Gasteiger charge is -2.05. The van der Waals surface area contributed by atoms with Gasteiger partial charge in [0.05, 0.1) is 5.69 Å². The zero-order chi connectivity index (χ0) is 17.2. The van der Waals surface area contributed by atoms with Crippen molar-refractivity contribution in [3.8, 4) is 22.8 Å². The summed E-state index contributed by atoms with van der Waals surface area (Å²) in [6.45, 7) is 2.88. The number of ether oxygens (including phenoxy) is 2. The number of para-hydroxylation sites is 1. The maximum atomic E-state index is 12.5. The summed E-state index contributed by atoms with van der Waals surface area (Å²) in [5.41, 5.74) is 2.90. The Morgan fingerprint density at radius 3 is 2.72 bits per heavy atom. The van der Waals surface area contributed by atoms with E-state index in [1.54, 1.807) is 10.7 Å². The number of amides is 1. The van der Waals surface area contributed by atoms with Crippen molar-refractivity contribution in [2.24, 2.45) is 0 Å². The van der Waals surface area contributed by atoms with Crippen LogP contribution in [0.4, 0.5) is 5.69 Å². The molecule has 3 aromatic rings. The second-order valence-corrected chi connectivity index (χ2v) is 5.62. The number of aromatic nitrogens is 2. The van der Waals surface area contributed by atoms with Crippen LogP contribution < -0.4 is 14.8 Å². The number of nitrogens with one attached hydrogen (secondary N) is 1. The molecule has 25 heavy (non-hydrogen) atoms. The molecule has 0 fully saturated rings. The van der Waals surface area contributed by atoms with E-state index in [9.17, 15) is 4.79 Å². The largest absolute Gasteiger partial charge is 0.454 e. The highest BCUT2D eigenvalue weighted by molar-refractivity contribution is 6.03. The summed E-state index contributed by atoms with van der Waals surface area (Å²) in [7, 11) is 0. The van der Waals surface area contributed by atoms with Gasteiger partial charge in [-0.25, -0.2) is 0 Å². The third kappa shape index (κ3) is 2.94. The maximum absolute atomic E-state index is 12.5. The van der Waals surface area contributed by atoms with E-state index in [-0.39, 0.29) is 12.7 Å². The minimum atomic E-state index is -0.236. The molecule has 0 unspecified atom stereocenters. The van der Waals surface area contributed by atoms with Gasteiger partial charge >= 0.3 is 0 Å². The average Bonchev–Trinajstić information content (AvgIpc) is 3.28. The van der Waals surface area contributed by atoms with E-state index >= 15 is 0 Å². The lowest BCUT2D eigenvalue weighted by Crippen LogP contribution is -2.13. The lowest BCUT2D eigenvalue weighted by molar-refractivity contribution is 0.102.